The second kappa shape index (κ2) is 8.28. The third-order valence-electron chi connectivity index (χ3n) is 4.70. The summed E-state index contributed by atoms with van der Waals surface area (Å²) in [5.41, 5.74) is 2.75. The minimum atomic E-state index is -0.00746. The molecule has 0 bridgehead atoms. The average Bonchev–Trinajstić information content (AvgIpc) is 2.65. The van der Waals surface area contributed by atoms with Gasteiger partial charge in [0.1, 0.15) is 5.82 Å². The van der Waals surface area contributed by atoms with Crippen molar-refractivity contribution < 1.29 is 0 Å². The van der Waals surface area contributed by atoms with Gasteiger partial charge in [0.05, 0.1) is 22.6 Å². The van der Waals surface area contributed by atoms with Crippen molar-refractivity contribution in [3.05, 3.63) is 70.3 Å². The van der Waals surface area contributed by atoms with Crippen LogP contribution < -0.4 is 10.9 Å². The fourth-order valence-corrected chi connectivity index (χ4v) is 3.27. The van der Waals surface area contributed by atoms with Crippen molar-refractivity contribution in [2.75, 3.05) is 6.54 Å². The fraction of sp³-hybridized carbons (Fsp3) is 0.364. The van der Waals surface area contributed by atoms with Crippen LogP contribution in [0, 0.1) is 6.92 Å². The summed E-state index contributed by atoms with van der Waals surface area (Å²) < 4.78 is 1.78. The molecule has 0 radical (unpaired) electrons. The Bertz CT molecular complexity index is 946. The molecule has 136 valence electrons. The van der Waals surface area contributed by atoms with Crippen molar-refractivity contribution in [1.29, 1.82) is 0 Å². The molecule has 0 saturated carbocycles. The quantitative estimate of drug-likeness (QED) is 0.637. The summed E-state index contributed by atoms with van der Waals surface area (Å²) in [6.07, 6.45) is 3.12. The third kappa shape index (κ3) is 3.70. The molecular weight excluding hydrogens is 322 g/mol. The SMILES string of the molecule is CCCCN[C@@H](CC)c1nc2ccccc2c(=O)n1-c1cccc(C)c1. The van der Waals surface area contributed by atoms with Crippen LogP contribution in [0.5, 0.6) is 0 Å². The maximum Gasteiger partial charge on any atom is 0.266 e. The zero-order valence-electron chi connectivity index (χ0n) is 15.8. The molecule has 3 aromatic rings. The van der Waals surface area contributed by atoms with E-state index in [0.29, 0.717) is 5.39 Å². The van der Waals surface area contributed by atoms with Gasteiger partial charge in [0.25, 0.3) is 5.56 Å². The van der Waals surface area contributed by atoms with Crippen LogP contribution in [0.15, 0.2) is 53.3 Å². The van der Waals surface area contributed by atoms with E-state index in [-0.39, 0.29) is 11.6 Å². The Balaban J connectivity index is 2.22. The lowest BCUT2D eigenvalue weighted by atomic mass is 10.1. The number of rotatable bonds is 7. The summed E-state index contributed by atoms with van der Waals surface area (Å²) in [7, 11) is 0. The van der Waals surface area contributed by atoms with Crippen LogP contribution >= 0.6 is 0 Å². The molecule has 0 fully saturated rings. The lowest BCUT2D eigenvalue weighted by molar-refractivity contribution is 0.476. The van der Waals surface area contributed by atoms with Gasteiger partial charge in [0.15, 0.2) is 0 Å². The van der Waals surface area contributed by atoms with E-state index in [9.17, 15) is 4.79 Å². The first-order valence-electron chi connectivity index (χ1n) is 9.47. The maximum absolute atomic E-state index is 13.3. The standard InChI is InChI=1S/C22H27N3O/c1-4-6-14-23-19(5-2)21-24-20-13-8-7-12-18(20)22(26)25(21)17-11-9-10-16(3)15-17/h7-13,15,19,23H,4-6,14H2,1-3H3/t19-/m0/s1. The Labute approximate surface area is 154 Å². The van der Waals surface area contributed by atoms with Crippen LogP contribution in [0.1, 0.15) is 50.5 Å². The van der Waals surface area contributed by atoms with Gasteiger partial charge in [-0.2, -0.15) is 0 Å². The summed E-state index contributed by atoms with van der Waals surface area (Å²) in [4.78, 5) is 18.2. The van der Waals surface area contributed by atoms with Gasteiger partial charge in [0.2, 0.25) is 0 Å². The molecule has 1 heterocycles. The van der Waals surface area contributed by atoms with E-state index in [1.54, 1.807) is 4.57 Å². The van der Waals surface area contributed by atoms with E-state index in [4.69, 9.17) is 4.98 Å². The molecule has 3 rings (SSSR count). The summed E-state index contributed by atoms with van der Waals surface area (Å²) in [6.45, 7) is 7.27. The Kier molecular flexibility index (Phi) is 5.84. The van der Waals surface area contributed by atoms with Crippen LogP contribution in [0.2, 0.25) is 0 Å². The molecule has 4 heteroatoms. The van der Waals surface area contributed by atoms with Crippen LogP contribution in [0.3, 0.4) is 0 Å². The third-order valence-corrected chi connectivity index (χ3v) is 4.70. The molecule has 0 unspecified atom stereocenters. The first-order chi connectivity index (χ1) is 12.7. The van der Waals surface area contributed by atoms with Gasteiger partial charge < -0.3 is 5.32 Å². The lowest BCUT2D eigenvalue weighted by Crippen LogP contribution is -2.31. The molecule has 0 aliphatic heterocycles. The predicted molar refractivity (Wildman–Crippen MR) is 108 cm³/mol. The molecule has 1 N–H and O–H groups in total. The zero-order chi connectivity index (χ0) is 18.5. The van der Waals surface area contributed by atoms with Gasteiger partial charge in [-0.3, -0.25) is 9.36 Å². The number of para-hydroxylation sites is 1. The van der Waals surface area contributed by atoms with Crippen molar-refractivity contribution in [2.45, 2.75) is 46.1 Å². The minimum absolute atomic E-state index is 0.00746. The van der Waals surface area contributed by atoms with Gasteiger partial charge in [-0.1, -0.05) is 44.5 Å². The van der Waals surface area contributed by atoms with Gasteiger partial charge in [-0.05, 0) is 56.1 Å². The number of aryl methyl sites for hydroxylation is 1. The lowest BCUT2D eigenvalue weighted by Gasteiger charge is -2.22. The topological polar surface area (TPSA) is 46.9 Å². The number of nitrogens with one attached hydrogen (secondary N) is 1. The van der Waals surface area contributed by atoms with E-state index in [1.165, 1.54) is 0 Å². The molecule has 0 amide bonds. The molecule has 4 nitrogen and oxygen atoms in total. The highest BCUT2D eigenvalue weighted by atomic mass is 16.1. The highest BCUT2D eigenvalue weighted by molar-refractivity contribution is 5.77. The van der Waals surface area contributed by atoms with Gasteiger partial charge >= 0.3 is 0 Å². The monoisotopic (exact) mass is 349 g/mol. The van der Waals surface area contributed by atoms with Crippen LogP contribution in [-0.4, -0.2) is 16.1 Å². The molecule has 1 atom stereocenters. The molecule has 0 aliphatic rings. The Morgan fingerprint density at radius 2 is 1.92 bits per heavy atom. The van der Waals surface area contributed by atoms with Gasteiger partial charge in [0, 0.05) is 0 Å². The van der Waals surface area contributed by atoms with Crippen molar-refractivity contribution in [2.24, 2.45) is 0 Å². The molecule has 26 heavy (non-hydrogen) atoms. The van der Waals surface area contributed by atoms with Gasteiger partial charge in [-0.25, -0.2) is 4.98 Å². The number of fused-ring (bicyclic) bond motifs is 1. The fourth-order valence-electron chi connectivity index (χ4n) is 3.27. The normalized spacial score (nSPS) is 12.4. The van der Waals surface area contributed by atoms with Crippen molar-refractivity contribution >= 4 is 10.9 Å². The Morgan fingerprint density at radius 1 is 1.12 bits per heavy atom. The predicted octanol–water partition coefficient (Wildman–Crippen LogP) is 4.53. The molecular formula is C22H27N3O. The maximum atomic E-state index is 13.3. The van der Waals surface area contributed by atoms with Crippen LogP contribution in [0.25, 0.3) is 16.6 Å². The Morgan fingerprint density at radius 3 is 2.65 bits per heavy atom. The number of hydrogen-bond donors (Lipinski definition) is 1. The minimum Gasteiger partial charge on any atom is -0.307 e. The molecule has 0 aliphatic carbocycles. The highest BCUT2D eigenvalue weighted by Gasteiger charge is 2.19. The largest absolute Gasteiger partial charge is 0.307 e. The number of nitrogens with zero attached hydrogens (tertiary/aromatic N) is 2. The van der Waals surface area contributed by atoms with E-state index >= 15 is 0 Å². The molecule has 1 aromatic heterocycles. The molecule has 2 aromatic carbocycles. The van der Waals surface area contributed by atoms with Crippen molar-refractivity contribution in [3.8, 4) is 5.69 Å². The summed E-state index contributed by atoms with van der Waals surface area (Å²) in [6, 6.07) is 15.7. The second-order valence-electron chi connectivity index (χ2n) is 6.74. The summed E-state index contributed by atoms with van der Waals surface area (Å²) in [5, 5.41) is 4.23. The summed E-state index contributed by atoms with van der Waals surface area (Å²) in [5.74, 6) is 0.790. The first-order valence-corrected chi connectivity index (χ1v) is 9.47. The van der Waals surface area contributed by atoms with E-state index < -0.39 is 0 Å². The first kappa shape index (κ1) is 18.3. The zero-order valence-corrected chi connectivity index (χ0v) is 15.8. The van der Waals surface area contributed by atoms with Crippen LogP contribution in [-0.2, 0) is 0 Å². The van der Waals surface area contributed by atoms with Gasteiger partial charge in [-0.15, -0.1) is 0 Å². The van der Waals surface area contributed by atoms with E-state index in [2.05, 4.69) is 19.2 Å². The average molecular weight is 349 g/mol. The highest BCUT2D eigenvalue weighted by Crippen LogP contribution is 2.21. The second-order valence-corrected chi connectivity index (χ2v) is 6.74. The number of hydrogen-bond acceptors (Lipinski definition) is 3. The van der Waals surface area contributed by atoms with Crippen molar-refractivity contribution in [3.63, 3.8) is 0 Å². The van der Waals surface area contributed by atoms with E-state index in [0.717, 1.165) is 48.4 Å². The number of unbranched alkanes of at least 4 members (excludes halogenated alkanes) is 1. The van der Waals surface area contributed by atoms with Crippen LogP contribution in [0.4, 0.5) is 0 Å². The van der Waals surface area contributed by atoms with E-state index in [1.807, 2.05) is 55.5 Å². The molecule has 0 saturated heterocycles. The number of aromatic nitrogens is 2. The Hall–Kier alpha value is -2.46. The number of benzene rings is 2. The van der Waals surface area contributed by atoms with Crippen molar-refractivity contribution in [1.82, 2.24) is 14.9 Å². The molecule has 0 spiro atoms. The summed E-state index contributed by atoms with van der Waals surface area (Å²) >= 11 is 0. The smallest absolute Gasteiger partial charge is 0.266 e.